The fraction of sp³-hybridized carbons (Fsp3) is 0.692. The van der Waals surface area contributed by atoms with E-state index in [1.165, 1.54) is 32.1 Å². The first kappa shape index (κ1) is 13.6. The Morgan fingerprint density at radius 1 is 1.33 bits per heavy atom. The molecule has 5 heteroatoms. The molecule has 0 atom stereocenters. The number of nitrogens with zero attached hydrogens (tertiary/aromatic N) is 3. The van der Waals surface area contributed by atoms with Crippen LogP contribution in [0.5, 0.6) is 0 Å². The number of rotatable bonds is 9. The summed E-state index contributed by atoms with van der Waals surface area (Å²) in [6, 6.07) is 0.613. The zero-order chi connectivity index (χ0) is 12.8. The molecule has 0 amide bonds. The van der Waals surface area contributed by atoms with Crippen LogP contribution in [0.4, 0.5) is 0 Å². The molecular formula is C13H22N4S. The molecule has 0 aromatic carbocycles. The second-order valence-electron chi connectivity index (χ2n) is 4.69. The van der Waals surface area contributed by atoms with E-state index in [1.807, 2.05) is 17.8 Å². The molecule has 1 aromatic heterocycles. The number of aromatic nitrogens is 3. The van der Waals surface area contributed by atoms with Gasteiger partial charge in [-0.1, -0.05) is 24.3 Å². The van der Waals surface area contributed by atoms with E-state index < -0.39 is 0 Å². The van der Waals surface area contributed by atoms with E-state index in [1.54, 1.807) is 0 Å². The van der Waals surface area contributed by atoms with E-state index >= 15 is 0 Å². The van der Waals surface area contributed by atoms with Gasteiger partial charge in [-0.05, 0) is 32.1 Å². The summed E-state index contributed by atoms with van der Waals surface area (Å²) in [6.45, 7) is 4.23. The molecule has 18 heavy (non-hydrogen) atoms. The van der Waals surface area contributed by atoms with Crippen molar-refractivity contribution in [2.45, 2.75) is 56.3 Å². The van der Waals surface area contributed by atoms with Crippen molar-refractivity contribution in [1.29, 1.82) is 0 Å². The molecule has 2 rings (SSSR count). The molecule has 1 saturated carbocycles. The Morgan fingerprint density at radius 2 is 2.17 bits per heavy atom. The van der Waals surface area contributed by atoms with E-state index in [0.29, 0.717) is 12.6 Å². The molecule has 4 nitrogen and oxygen atoms in total. The zero-order valence-electron chi connectivity index (χ0n) is 10.8. The first-order chi connectivity index (χ1) is 8.86. The van der Waals surface area contributed by atoms with Crippen LogP contribution in [0.1, 0.15) is 50.4 Å². The van der Waals surface area contributed by atoms with Gasteiger partial charge in [-0.2, -0.15) is 0 Å². The first-order valence-corrected chi connectivity index (χ1v) is 7.73. The fourth-order valence-corrected chi connectivity index (χ4v) is 3.00. The number of hydrogen-bond acceptors (Lipinski definition) is 4. The summed E-state index contributed by atoms with van der Waals surface area (Å²) >= 11 is 1.82. The summed E-state index contributed by atoms with van der Waals surface area (Å²) in [5.41, 5.74) is 5.70. The van der Waals surface area contributed by atoms with Crippen LogP contribution < -0.4 is 5.73 Å². The molecule has 0 radical (unpaired) electrons. The smallest absolute Gasteiger partial charge is 0.191 e. The van der Waals surface area contributed by atoms with Crippen molar-refractivity contribution in [3.8, 4) is 0 Å². The van der Waals surface area contributed by atoms with E-state index in [-0.39, 0.29) is 0 Å². The monoisotopic (exact) mass is 266 g/mol. The van der Waals surface area contributed by atoms with Gasteiger partial charge in [-0.3, -0.25) is 0 Å². The van der Waals surface area contributed by atoms with Crippen molar-refractivity contribution in [2.24, 2.45) is 5.73 Å². The molecule has 0 unspecified atom stereocenters. The van der Waals surface area contributed by atoms with Gasteiger partial charge in [0.05, 0.1) is 6.54 Å². The Hall–Kier alpha value is -0.810. The summed E-state index contributed by atoms with van der Waals surface area (Å²) in [5, 5.41) is 9.50. The Kier molecular flexibility index (Phi) is 5.26. The Balaban J connectivity index is 1.78. The van der Waals surface area contributed by atoms with Crippen LogP contribution in [0.3, 0.4) is 0 Å². The van der Waals surface area contributed by atoms with Crippen LogP contribution in [0.15, 0.2) is 17.8 Å². The Morgan fingerprint density at radius 3 is 2.83 bits per heavy atom. The van der Waals surface area contributed by atoms with Crippen LogP contribution in [-0.2, 0) is 6.54 Å². The predicted molar refractivity (Wildman–Crippen MR) is 75.6 cm³/mol. The van der Waals surface area contributed by atoms with Crippen LogP contribution in [0.25, 0.3) is 0 Å². The maximum absolute atomic E-state index is 5.70. The van der Waals surface area contributed by atoms with Crippen LogP contribution in [-0.4, -0.2) is 20.5 Å². The summed E-state index contributed by atoms with van der Waals surface area (Å²) < 4.78 is 2.24. The van der Waals surface area contributed by atoms with Gasteiger partial charge in [-0.15, -0.1) is 16.8 Å². The van der Waals surface area contributed by atoms with Crippen molar-refractivity contribution in [1.82, 2.24) is 14.8 Å². The van der Waals surface area contributed by atoms with Crippen LogP contribution >= 0.6 is 11.8 Å². The maximum atomic E-state index is 5.70. The number of nitrogens with two attached hydrogens (primary N) is 1. The topological polar surface area (TPSA) is 56.7 Å². The molecule has 0 spiro atoms. The summed E-state index contributed by atoms with van der Waals surface area (Å²) in [5.74, 6) is 2.05. The average Bonchev–Trinajstić information content (AvgIpc) is 3.14. The van der Waals surface area contributed by atoms with Crippen LogP contribution in [0.2, 0.25) is 0 Å². The van der Waals surface area contributed by atoms with Crippen molar-refractivity contribution in [3.63, 3.8) is 0 Å². The largest absolute Gasteiger partial charge is 0.324 e. The Labute approximate surface area is 113 Å². The molecule has 2 N–H and O–H groups in total. The second kappa shape index (κ2) is 6.95. The van der Waals surface area contributed by atoms with E-state index in [9.17, 15) is 0 Å². The van der Waals surface area contributed by atoms with Crippen molar-refractivity contribution < 1.29 is 0 Å². The third kappa shape index (κ3) is 3.59. The van der Waals surface area contributed by atoms with Gasteiger partial charge < -0.3 is 10.3 Å². The van der Waals surface area contributed by atoms with Crippen molar-refractivity contribution in [2.75, 3.05) is 5.75 Å². The quantitative estimate of drug-likeness (QED) is 0.424. The number of thioether (sulfide) groups is 1. The van der Waals surface area contributed by atoms with Gasteiger partial charge >= 0.3 is 0 Å². The fourth-order valence-electron chi connectivity index (χ4n) is 1.98. The van der Waals surface area contributed by atoms with Gasteiger partial charge in [0.1, 0.15) is 5.82 Å². The second-order valence-corrected chi connectivity index (χ2v) is 5.75. The normalized spacial score (nSPS) is 14.9. The zero-order valence-corrected chi connectivity index (χ0v) is 11.7. The molecule has 1 heterocycles. The molecule has 1 aliphatic carbocycles. The van der Waals surface area contributed by atoms with E-state index in [0.717, 1.165) is 23.2 Å². The third-order valence-electron chi connectivity index (χ3n) is 3.11. The highest BCUT2D eigenvalue weighted by atomic mass is 32.2. The van der Waals surface area contributed by atoms with Gasteiger partial charge in [0.25, 0.3) is 0 Å². The standard InChI is InChI=1S/C13H22N4S/c1-2-3-4-5-6-9-18-13-16-15-12(10-14)17(13)11-7-8-11/h2,11H,1,3-10,14H2. The number of unbranched alkanes of at least 4 members (excludes halogenated alkanes) is 3. The molecule has 1 fully saturated rings. The molecule has 100 valence electrons. The van der Waals surface area contributed by atoms with Crippen molar-refractivity contribution in [3.05, 3.63) is 18.5 Å². The van der Waals surface area contributed by atoms with E-state index in [2.05, 4.69) is 21.3 Å². The lowest BCUT2D eigenvalue weighted by Gasteiger charge is -2.07. The minimum atomic E-state index is 0.489. The third-order valence-corrected chi connectivity index (χ3v) is 4.14. The summed E-state index contributed by atoms with van der Waals surface area (Å²) in [7, 11) is 0. The Bertz CT molecular complexity index is 384. The molecule has 0 saturated heterocycles. The lowest BCUT2D eigenvalue weighted by Crippen LogP contribution is -2.08. The van der Waals surface area contributed by atoms with E-state index in [4.69, 9.17) is 5.73 Å². The van der Waals surface area contributed by atoms with Crippen LogP contribution in [0, 0.1) is 0 Å². The highest BCUT2D eigenvalue weighted by Crippen LogP contribution is 2.38. The number of hydrogen-bond donors (Lipinski definition) is 1. The molecular weight excluding hydrogens is 244 g/mol. The summed E-state index contributed by atoms with van der Waals surface area (Å²) in [6.07, 6.45) is 9.35. The minimum absolute atomic E-state index is 0.489. The SMILES string of the molecule is C=CCCCCCSc1nnc(CN)n1C1CC1. The number of allylic oxidation sites excluding steroid dienone is 1. The van der Waals surface area contributed by atoms with Gasteiger partial charge in [-0.25, -0.2) is 0 Å². The highest BCUT2D eigenvalue weighted by molar-refractivity contribution is 7.99. The average molecular weight is 266 g/mol. The minimum Gasteiger partial charge on any atom is -0.324 e. The van der Waals surface area contributed by atoms with Crippen molar-refractivity contribution >= 4 is 11.8 Å². The van der Waals surface area contributed by atoms with Gasteiger partial charge in [0.2, 0.25) is 0 Å². The maximum Gasteiger partial charge on any atom is 0.191 e. The van der Waals surface area contributed by atoms with Gasteiger partial charge in [0, 0.05) is 11.8 Å². The molecule has 1 aromatic rings. The lowest BCUT2D eigenvalue weighted by atomic mass is 10.2. The molecule has 1 aliphatic rings. The lowest BCUT2D eigenvalue weighted by molar-refractivity contribution is 0.625. The predicted octanol–water partition coefficient (Wildman–Crippen LogP) is 2.91. The molecule has 0 aliphatic heterocycles. The summed E-state index contributed by atoms with van der Waals surface area (Å²) in [4.78, 5) is 0. The first-order valence-electron chi connectivity index (χ1n) is 6.74. The molecule has 0 bridgehead atoms. The van der Waals surface area contributed by atoms with Gasteiger partial charge in [0.15, 0.2) is 5.16 Å². The highest BCUT2D eigenvalue weighted by Gasteiger charge is 2.28.